The number of carbonyl (C=O) groups excluding carboxylic acids is 1. The van der Waals surface area contributed by atoms with Gasteiger partial charge >= 0.3 is 0 Å². The largest absolute Gasteiger partial charge is 0.484 e. The molecule has 6 nitrogen and oxygen atoms in total. The van der Waals surface area contributed by atoms with Gasteiger partial charge in [0, 0.05) is 13.1 Å². The highest BCUT2D eigenvalue weighted by molar-refractivity contribution is 7.99. The molecule has 0 unspecified atom stereocenters. The summed E-state index contributed by atoms with van der Waals surface area (Å²) in [6, 6.07) is 13.6. The van der Waals surface area contributed by atoms with Crippen molar-refractivity contribution in [2.45, 2.75) is 24.9 Å². The Bertz CT molecular complexity index is 1010. The molecule has 0 spiro atoms. The molecule has 1 aromatic heterocycles. The molecular formula is C21H20ClFN4O2S. The van der Waals surface area contributed by atoms with Crippen molar-refractivity contribution in [3.05, 3.63) is 83.4 Å². The average Bonchev–Trinajstić information content (AvgIpc) is 3.13. The van der Waals surface area contributed by atoms with E-state index in [0.717, 1.165) is 5.56 Å². The first kappa shape index (κ1) is 21.9. The van der Waals surface area contributed by atoms with Crippen LogP contribution in [0.2, 0.25) is 5.02 Å². The molecule has 0 aliphatic heterocycles. The van der Waals surface area contributed by atoms with Crippen LogP contribution in [0.25, 0.3) is 0 Å². The highest BCUT2D eigenvalue weighted by Crippen LogP contribution is 2.26. The minimum Gasteiger partial charge on any atom is -0.484 e. The normalized spacial score (nSPS) is 10.6. The van der Waals surface area contributed by atoms with Gasteiger partial charge in [-0.25, -0.2) is 4.39 Å². The van der Waals surface area contributed by atoms with Crippen LogP contribution in [-0.4, -0.2) is 26.4 Å². The second-order valence-electron chi connectivity index (χ2n) is 6.21. The molecule has 2 aromatic carbocycles. The molecule has 1 heterocycles. The predicted octanol–water partition coefficient (Wildman–Crippen LogP) is 4.24. The number of rotatable bonds is 10. The maximum absolute atomic E-state index is 13.2. The average molecular weight is 447 g/mol. The zero-order chi connectivity index (χ0) is 21.3. The van der Waals surface area contributed by atoms with E-state index in [4.69, 9.17) is 16.3 Å². The second-order valence-corrected chi connectivity index (χ2v) is 7.56. The highest BCUT2D eigenvalue weighted by Gasteiger charge is 2.15. The summed E-state index contributed by atoms with van der Waals surface area (Å²) in [7, 11) is 0. The minimum atomic E-state index is -0.439. The lowest BCUT2D eigenvalue weighted by molar-refractivity contribution is -0.118. The Labute approximate surface area is 183 Å². The van der Waals surface area contributed by atoms with Gasteiger partial charge in [-0.15, -0.1) is 16.8 Å². The monoisotopic (exact) mass is 446 g/mol. The van der Waals surface area contributed by atoms with E-state index in [1.54, 1.807) is 10.6 Å². The Morgan fingerprint density at radius 3 is 2.80 bits per heavy atom. The molecule has 1 N–H and O–H groups in total. The van der Waals surface area contributed by atoms with Gasteiger partial charge in [0.2, 0.25) is 5.91 Å². The van der Waals surface area contributed by atoms with Crippen molar-refractivity contribution in [1.82, 2.24) is 20.1 Å². The fraction of sp³-hybridized carbons (Fsp3) is 0.190. The van der Waals surface area contributed by atoms with Crippen LogP contribution >= 0.6 is 23.4 Å². The standard InChI is InChI=1S/C21H20ClFN4O2S/c1-2-10-27-19(13-29-18-9-8-16(23)11-17(18)22)25-26-21(27)30-14-20(28)24-12-15-6-4-3-5-7-15/h2-9,11H,1,10,12-14H2,(H,24,28). The molecule has 0 aliphatic carbocycles. The van der Waals surface area contributed by atoms with E-state index in [0.29, 0.717) is 29.8 Å². The third-order valence-corrected chi connectivity index (χ3v) is 5.28. The molecule has 0 aliphatic rings. The third kappa shape index (κ3) is 6.08. The van der Waals surface area contributed by atoms with Crippen LogP contribution in [0, 0.1) is 5.82 Å². The van der Waals surface area contributed by atoms with Crippen molar-refractivity contribution in [1.29, 1.82) is 0 Å². The zero-order valence-electron chi connectivity index (χ0n) is 16.1. The molecule has 30 heavy (non-hydrogen) atoms. The Morgan fingerprint density at radius 2 is 2.07 bits per heavy atom. The molecule has 156 valence electrons. The van der Waals surface area contributed by atoms with Gasteiger partial charge in [0.15, 0.2) is 11.0 Å². The number of amides is 1. The van der Waals surface area contributed by atoms with Gasteiger partial charge in [-0.05, 0) is 23.8 Å². The number of benzene rings is 2. The summed E-state index contributed by atoms with van der Waals surface area (Å²) < 4.78 is 20.6. The van der Waals surface area contributed by atoms with Gasteiger partial charge in [-0.2, -0.15) is 0 Å². The number of halogens is 2. The van der Waals surface area contributed by atoms with Crippen LogP contribution in [0.5, 0.6) is 5.75 Å². The predicted molar refractivity (Wildman–Crippen MR) is 115 cm³/mol. The molecule has 0 radical (unpaired) electrons. The van der Waals surface area contributed by atoms with Gasteiger partial charge in [-0.1, -0.05) is 59.8 Å². The first-order valence-electron chi connectivity index (χ1n) is 9.11. The maximum atomic E-state index is 13.2. The molecule has 3 aromatic rings. The number of thioether (sulfide) groups is 1. The fourth-order valence-electron chi connectivity index (χ4n) is 2.56. The van der Waals surface area contributed by atoms with Crippen LogP contribution in [-0.2, 0) is 24.5 Å². The van der Waals surface area contributed by atoms with Gasteiger partial charge in [0.1, 0.15) is 18.2 Å². The van der Waals surface area contributed by atoms with Gasteiger partial charge < -0.3 is 10.1 Å². The Hall–Kier alpha value is -2.84. The zero-order valence-corrected chi connectivity index (χ0v) is 17.6. The van der Waals surface area contributed by atoms with Crippen molar-refractivity contribution < 1.29 is 13.9 Å². The summed E-state index contributed by atoms with van der Waals surface area (Å²) in [4.78, 5) is 12.2. The molecule has 0 saturated carbocycles. The van der Waals surface area contributed by atoms with Crippen LogP contribution in [0.4, 0.5) is 4.39 Å². The molecule has 3 rings (SSSR count). The topological polar surface area (TPSA) is 69.0 Å². The number of carbonyl (C=O) groups is 1. The Kier molecular flexibility index (Phi) is 7.87. The maximum Gasteiger partial charge on any atom is 0.230 e. The SMILES string of the molecule is C=CCn1c(COc2ccc(F)cc2Cl)nnc1SCC(=O)NCc1ccccc1. The van der Waals surface area contributed by atoms with E-state index in [2.05, 4.69) is 22.1 Å². The molecule has 0 saturated heterocycles. The summed E-state index contributed by atoms with van der Waals surface area (Å²) in [6.07, 6.45) is 1.71. The number of hydrogen-bond donors (Lipinski definition) is 1. The van der Waals surface area contributed by atoms with E-state index in [1.165, 1.54) is 30.0 Å². The number of nitrogens with one attached hydrogen (secondary N) is 1. The van der Waals surface area contributed by atoms with Crippen molar-refractivity contribution >= 4 is 29.3 Å². The van der Waals surface area contributed by atoms with Crippen LogP contribution in [0.15, 0.2) is 66.3 Å². The number of aromatic nitrogens is 3. The van der Waals surface area contributed by atoms with Crippen molar-refractivity contribution in [3.8, 4) is 5.75 Å². The lowest BCUT2D eigenvalue weighted by atomic mass is 10.2. The van der Waals surface area contributed by atoms with E-state index in [1.807, 2.05) is 30.3 Å². The van der Waals surface area contributed by atoms with Gasteiger partial charge in [-0.3, -0.25) is 9.36 Å². The summed E-state index contributed by atoms with van der Waals surface area (Å²) in [6.45, 7) is 4.76. The first-order chi connectivity index (χ1) is 14.6. The molecule has 0 fully saturated rings. The minimum absolute atomic E-state index is 0.0902. The van der Waals surface area contributed by atoms with Crippen LogP contribution in [0.1, 0.15) is 11.4 Å². The van der Waals surface area contributed by atoms with Crippen molar-refractivity contribution in [2.75, 3.05) is 5.75 Å². The van der Waals surface area contributed by atoms with E-state index < -0.39 is 5.82 Å². The number of nitrogens with zero attached hydrogens (tertiary/aromatic N) is 3. The van der Waals surface area contributed by atoms with Crippen molar-refractivity contribution in [2.24, 2.45) is 0 Å². The first-order valence-corrected chi connectivity index (χ1v) is 10.5. The molecular weight excluding hydrogens is 427 g/mol. The number of ether oxygens (including phenoxy) is 1. The van der Waals surface area contributed by atoms with Gasteiger partial charge in [0.05, 0.1) is 10.8 Å². The summed E-state index contributed by atoms with van der Waals surface area (Å²) in [5.74, 6) is 0.551. The van der Waals surface area contributed by atoms with E-state index >= 15 is 0 Å². The molecule has 0 atom stereocenters. The smallest absolute Gasteiger partial charge is 0.230 e. The van der Waals surface area contributed by atoms with Crippen molar-refractivity contribution in [3.63, 3.8) is 0 Å². The third-order valence-electron chi connectivity index (χ3n) is 4.02. The summed E-state index contributed by atoms with van der Waals surface area (Å²) >= 11 is 7.26. The molecule has 0 bridgehead atoms. The quantitative estimate of drug-likeness (QED) is 0.372. The lowest BCUT2D eigenvalue weighted by Crippen LogP contribution is -2.24. The number of allylic oxidation sites excluding steroid dienone is 1. The molecule has 1 amide bonds. The van der Waals surface area contributed by atoms with Crippen LogP contribution < -0.4 is 10.1 Å². The van der Waals surface area contributed by atoms with E-state index in [-0.39, 0.29) is 23.3 Å². The molecule has 9 heteroatoms. The lowest BCUT2D eigenvalue weighted by Gasteiger charge is -2.10. The summed E-state index contributed by atoms with van der Waals surface area (Å²) in [5, 5.41) is 11.9. The second kappa shape index (κ2) is 10.8. The fourth-order valence-corrected chi connectivity index (χ4v) is 3.58. The summed E-state index contributed by atoms with van der Waals surface area (Å²) in [5.41, 5.74) is 1.03. The van der Waals surface area contributed by atoms with Crippen LogP contribution in [0.3, 0.4) is 0 Å². The van der Waals surface area contributed by atoms with E-state index in [9.17, 15) is 9.18 Å². The highest BCUT2D eigenvalue weighted by atomic mass is 35.5. The van der Waals surface area contributed by atoms with Gasteiger partial charge in [0.25, 0.3) is 0 Å². The Morgan fingerprint density at radius 1 is 1.27 bits per heavy atom. The Balaban J connectivity index is 1.58. The number of hydrogen-bond acceptors (Lipinski definition) is 5.